The topological polar surface area (TPSA) is 0 Å². The Morgan fingerprint density at radius 3 is 0.968 bits per heavy atom. The first-order valence-electron chi connectivity index (χ1n) is 11.7. The fourth-order valence-electron chi connectivity index (χ4n) is 6.78. The van der Waals surface area contributed by atoms with Crippen molar-refractivity contribution in [1.82, 2.24) is 0 Å². The molecule has 4 aromatic rings. The van der Waals surface area contributed by atoms with E-state index in [4.69, 9.17) is 0 Å². The van der Waals surface area contributed by atoms with E-state index in [9.17, 15) is 0 Å². The molecule has 0 spiro atoms. The SMILES string of the molecule is C[CH2][Ti]([CH2]C)([CH]1c2ccccc2-c2ccccc21)[CH]1c2ccccc2-c2ccccc21. The number of fused-ring (bicyclic) bond motifs is 6. The summed E-state index contributed by atoms with van der Waals surface area (Å²) in [6, 6.07) is 37.0. The van der Waals surface area contributed by atoms with E-state index in [1.165, 1.54) is 31.7 Å². The fourth-order valence-corrected chi connectivity index (χ4v) is 16.1. The van der Waals surface area contributed by atoms with Crippen LogP contribution < -0.4 is 0 Å². The van der Waals surface area contributed by atoms with Crippen molar-refractivity contribution in [3.05, 3.63) is 119 Å². The Labute approximate surface area is 189 Å². The summed E-state index contributed by atoms with van der Waals surface area (Å²) in [4.78, 5) is 0. The van der Waals surface area contributed by atoms with Gasteiger partial charge in [0, 0.05) is 0 Å². The van der Waals surface area contributed by atoms with Crippen molar-refractivity contribution in [1.29, 1.82) is 0 Å². The number of rotatable bonds is 4. The van der Waals surface area contributed by atoms with Crippen molar-refractivity contribution >= 4 is 0 Å². The van der Waals surface area contributed by atoms with Gasteiger partial charge in [0.25, 0.3) is 0 Å². The van der Waals surface area contributed by atoms with E-state index in [-0.39, 0.29) is 0 Å². The molecule has 0 unspecified atom stereocenters. The Balaban J connectivity index is 1.66. The quantitative estimate of drug-likeness (QED) is 0.281. The molecule has 0 atom stereocenters. The predicted molar refractivity (Wildman–Crippen MR) is 128 cm³/mol. The van der Waals surface area contributed by atoms with Crippen LogP contribution in [0.5, 0.6) is 0 Å². The molecule has 4 aromatic carbocycles. The summed E-state index contributed by atoms with van der Waals surface area (Å²) < 4.78 is 3.84. The van der Waals surface area contributed by atoms with Crippen LogP contribution in [0.2, 0.25) is 9.45 Å². The molecule has 31 heavy (non-hydrogen) atoms. The van der Waals surface area contributed by atoms with Gasteiger partial charge in [-0.2, -0.15) is 0 Å². The first-order chi connectivity index (χ1) is 15.3. The normalized spacial score (nSPS) is 14.8. The second-order valence-corrected chi connectivity index (χ2v) is 17.0. The van der Waals surface area contributed by atoms with Crippen LogP contribution in [0.3, 0.4) is 0 Å². The van der Waals surface area contributed by atoms with E-state index in [2.05, 4.69) is 111 Å². The number of benzene rings is 4. The molecule has 2 aliphatic carbocycles. The molecule has 2 aliphatic rings. The van der Waals surface area contributed by atoms with Gasteiger partial charge in [-0.25, -0.2) is 0 Å². The van der Waals surface area contributed by atoms with Gasteiger partial charge < -0.3 is 0 Å². The maximum atomic E-state index is 2.50. The third-order valence-electron chi connectivity index (χ3n) is 8.13. The van der Waals surface area contributed by atoms with Crippen LogP contribution in [0.4, 0.5) is 0 Å². The van der Waals surface area contributed by atoms with Crippen LogP contribution in [0, 0.1) is 0 Å². The zero-order chi connectivity index (χ0) is 21.0. The van der Waals surface area contributed by atoms with Gasteiger partial charge in [0.05, 0.1) is 0 Å². The van der Waals surface area contributed by atoms with Crippen LogP contribution in [-0.2, 0) is 16.6 Å². The monoisotopic (exact) mass is 436 g/mol. The van der Waals surface area contributed by atoms with Gasteiger partial charge in [-0.15, -0.1) is 0 Å². The molecule has 0 heterocycles. The Morgan fingerprint density at radius 2 is 0.710 bits per heavy atom. The molecular formula is C30H28Ti. The number of hydrogen-bond donors (Lipinski definition) is 0. The first-order valence-corrected chi connectivity index (χ1v) is 15.7. The summed E-state index contributed by atoms with van der Waals surface area (Å²) in [5.74, 6) is 0. The summed E-state index contributed by atoms with van der Waals surface area (Å²) >= 11 is -2.58. The summed E-state index contributed by atoms with van der Waals surface area (Å²) in [5.41, 5.74) is 12.3. The third-order valence-corrected chi connectivity index (χ3v) is 17.8. The van der Waals surface area contributed by atoms with Crippen molar-refractivity contribution in [2.75, 3.05) is 0 Å². The molecule has 0 N–H and O–H groups in total. The molecule has 0 amide bonds. The summed E-state index contributed by atoms with van der Waals surface area (Å²) in [6.07, 6.45) is 0. The Morgan fingerprint density at radius 1 is 0.452 bits per heavy atom. The second-order valence-electron chi connectivity index (χ2n) is 9.16. The molecule has 0 bridgehead atoms. The van der Waals surface area contributed by atoms with E-state index in [0.717, 1.165) is 0 Å². The minimum absolute atomic E-state index is 0.589. The predicted octanol–water partition coefficient (Wildman–Crippen LogP) is 8.56. The van der Waals surface area contributed by atoms with Crippen molar-refractivity contribution in [3.8, 4) is 22.3 Å². The van der Waals surface area contributed by atoms with E-state index in [0.29, 0.717) is 8.45 Å². The average molecular weight is 436 g/mol. The maximum absolute atomic E-state index is 2.58. The molecule has 0 aliphatic heterocycles. The van der Waals surface area contributed by atoms with E-state index in [1.807, 2.05) is 0 Å². The van der Waals surface area contributed by atoms with Crippen LogP contribution in [0.1, 0.15) is 44.5 Å². The summed E-state index contributed by atoms with van der Waals surface area (Å²) in [7, 11) is 0. The molecule has 0 fully saturated rings. The van der Waals surface area contributed by atoms with Gasteiger partial charge in [-0.1, -0.05) is 0 Å². The van der Waals surface area contributed by atoms with Gasteiger partial charge >= 0.3 is 190 Å². The van der Waals surface area contributed by atoms with E-state index in [1.54, 1.807) is 22.3 Å². The van der Waals surface area contributed by atoms with E-state index < -0.39 is 16.6 Å². The van der Waals surface area contributed by atoms with Crippen molar-refractivity contribution in [2.24, 2.45) is 0 Å². The molecule has 0 aromatic heterocycles. The van der Waals surface area contributed by atoms with Gasteiger partial charge in [0.1, 0.15) is 0 Å². The molecule has 0 saturated carbocycles. The van der Waals surface area contributed by atoms with Gasteiger partial charge in [0.15, 0.2) is 0 Å². The van der Waals surface area contributed by atoms with Crippen molar-refractivity contribution < 1.29 is 16.6 Å². The Bertz CT molecular complexity index is 1090. The zero-order valence-electron chi connectivity index (χ0n) is 18.3. The van der Waals surface area contributed by atoms with Crippen LogP contribution in [-0.4, -0.2) is 0 Å². The molecule has 0 saturated heterocycles. The zero-order valence-corrected chi connectivity index (χ0v) is 19.9. The standard InChI is InChI=1S/2C13H9.2C2H5.Ti/c2*1-3-7-12-10(5-1)9-11-6-2-4-8-13(11)12;2*1-2;/h2*1-9H;2*1H2,2H3;. The molecule has 152 valence electrons. The van der Waals surface area contributed by atoms with Crippen LogP contribution in [0.15, 0.2) is 97.1 Å². The number of hydrogen-bond acceptors (Lipinski definition) is 0. The second kappa shape index (κ2) is 7.33. The average Bonchev–Trinajstić information content (AvgIpc) is 3.36. The van der Waals surface area contributed by atoms with Crippen molar-refractivity contribution in [3.63, 3.8) is 0 Å². The summed E-state index contributed by atoms with van der Waals surface area (Å²) in [6.45, 7) is 4.99. The molecule has 1 heteroatoms. The third kappa shape index (κ3) is 2.59. The molecule has 0 nitrogen and oxygen atoms in total. The first kappa shape index (κ1) is 19.3. The Kier molecular flexibility index (Phi) is 4.56. The van der Waals surface area contributed by atoms with Gasteiger partial charge in [0.2, 0.25) is 0 Å². The van der Waals surface area contributed by atoms with Crippen LogP contribution >= 0.6 is 0 Å². The molecule has 0 radical (unpaired) electrons. The summed E-state index contributed by atoms with van der Waals surface area (Å²) in [5, 5.41) is 0. The van der Waals surface area contributed by atoms with Gasteiger partial charge in [-0.3, -0.25) is 0 Å². The van der Waals surface area contributed by atoms with E-state index >= 15 is 0 Å². The van der Waals surface area contributed by atoms with Gasteiger partial charge in [-0.05, 0) is 0 Å². The molecular weight excluding hydrogens is 408 g/mol. The molecule has 6 rings (SSSR count). The van der Waals surface area contributed by atoms with Crippen molar-refractivity contribution in [2.45, 2.75) is 31.7 Å². The Hall–Kier alpha value is -2.41. The van der Waals surface area contributed by atoms with Crippen LogP contribution in [0.25, 0.3) is 22.3 Å². The fraction of sp³-hybridized carbons (Fsp3) is 0.200. The minimum atomic E-state index is -2.58.